The van der Waals surface area contributed by atoms with E-state index in [-0.39, 0.29) is 42.7 Å². The average molecular weight is 453 g/mol. The Morgan fingerprint density at radius 1 is 1.10 bits per heavy atom. The topological polar surface area (TPSA) is 73.4 Å². The maximum absolute atomic E-state index is 12.9. The highest BCUT2D eigenvalue weighted by atomic mass is 35.5. The molecule has 3 aromatic rings. The van der Waals surface area contributed by atoms with Gasteiger partial charge >= 0.3 is 0 Å². The third-order valence-electron chi connectivity index (χ3n) is 4.78. The van der Waals surface area contributed by atoms with Crippen molar-refractivity contribution in [3.8, 4) is 5.75 Å². The average Bonchev–Trinajstić information content (AvgIpc) is 3.04. The Morgan fingerprint density at radius 2 is 1.73 bits per heavy atom. The summed E-state index contributed by atoms with van der Waals surface area (Å²) >= 11 is 0. The summed E-state index contributed by atoms with van der Waals surface area (Å²) in [5, 5.41) is 0. The Balaban J connectivity index is 0.00000225. The molecule has 0 aliphatic heterocycles. The lowest BCUT2D eigenvalue weighted by Gasteiger charge is -2.29. The van der Waals surface area contributed by atoms with E-state index in [4.69, 9.17) is 10.5 Å². The fourth-order valence-corrected chi connectivity index (χ4v) is 3.13. The van der Waals surface area contributed by atoms with Crippen LogP contribution < -0.4 is 10.5 Å². The lowest BCUT2D eigenvalue weighted by atomic mass is 9.93. The number of hydrogen-bond donors (Lipinski definition) is 1. The number of likely N-dealkylation sites (N-methyl/N-ethyl adjacent to an activating group) is 1. The van der Waals surface area contributed by atoms with Gasteiger partial charge in [0.25, 0.3) is 0 Å². The van der Waals surface area contributed by atoms with Gasteiger partial charge in [0.2, 0.25) is 5.91 Å². The molecule has 30 heavy (non-hydrogen) atoms. The Bertz CT molecular complexity index is 945. The number of ether oxygens (including phenoxy) is 1. The van der Waals surface area contributed by atoms with Gasteiger partial charge in [0.05, 0.1) is 11.0 Å². The summed E-state index contributed by atoms with van der Waals surface area (Å²) in [5.41, 5.74) is 7.47. The van der Waals surface area contributed by atoms with Crippen molar-refractivity contribution in [1.29, 1.82) is 0 Å². The van der Waals surface area contributed by atoms with E-state index in [0.717, 1.165) is 22.6 Å². The summed E-state index contributed by atoms with van der Waals surface area (Å²) in [6.07, 6.45) is 0. The number of rotatable bonds is 8. The normalized spacial score (nSPS) is 10.8. The van der Waals surface area contributed by atoms with Crippen molar-refractivity contribution in [2.24, 2.45) is 11.1 Å². The first-order chi connectivity index (χ1) is 13.4. The lowest BCUT2D eigenvalue weighted by molar-refractivity contribution is -0.131. The maximum Gasteiger partial charge on any atom is 0.242 e. The van der Waals surface area contributed by atoms with Crippen LogP contribution in [0.2, 0.25) is 0 Å². The van der Waals surface area contributed by atoms with Gasteiger partial charge in [0.15, 0.2) is 0 Å². The van der Waals surface area contributed by atoms with Gasteiger partial charge in [-0.25, -0.2) is 4.98 Å². The molecule has 0 saturated heterocycles. The van der Waals surface area contributed by atoms with Gasteiger partial charge in [0.1, 0.15) is 24.7 Å². The monoisotopic (exact) mass is 452 g/mol. The number of halogens is 2. The van der Waals surface area contributed by atoms with Gasteiger partial charge in [-0.05, 0) is 36.2 Å². The zero-order chi connectivity index (χ0) is 20.1. The molecule has 2 N–H and O–H groups in total. The van der Waals surface area contributed by atoms with E-state index >= 15 is 0 Å². The van der Waals surface area contributed by atoms with E-state index in [1.54, 1.807) is 4.90 Å². The zero-order valence-electron chi connectivity index (χ0n) is 17.6. The highest BCUT2D eigenvalue weighted by Crippen LogP contribution is 2.19. The highest BCUT2D eigenvalue weighted by molar-refractivity contribution is 5.85. The molecule has 0 spiro atoms. The number of nitrogens with two attached hydrogens (primary N) is 1. The maximum atomic E-state index is 12.9. The summed E-state index contributed by atoms with van der Waals surface area (Å²) < 4.78 is 7.81. The first-order valence-corrected chi connectivity index (χ1v) is 9.46. The fourth-order valence-electron chi connectivity index (χ4n) is 3.13. The second-order valence-electron chi connectivity index (χ2n) is 7.82. The van der Waals surface area contributed by atoms with Crippen LogP contribution in [0, 0.1) is 5.41 Å². The summed E-state index contributed by atoms with van der Waals surface area (Å²) in [5.74, 6) is 1.52. The van der Waals surface area contributed by atoms with Crippen LogP contribution in [0.1, 0.15) is 19.7 Å². The highest BCUT2D eigenvalue weighted by Gasteiger charge is 2.22. The number of carbonyl (C=O) groups is 1. The van der Waals surface area contributed by atoms with Crippen molar-refractivity contribution in [3.05, 3.63) is 60.4 Å². The van der Waals surface area contributed by atoms with Crippen LogP contribution in [0.4, 0.5) is 0 Å². The number of benzene rings is 2. The molecule has 0 fully saturated rings. The molecular weight excluding hydrogens is 423 g/mol. The Hall–Kier alpha value is -2.28. The van der Waals surface area contributed by atoms with Gasteiger partial charge in [-0.3, -0.25) is 4.79 Å². The third-order valence-corrected chi connectivity index (χ3v) is 4.78. The second-order valence-corrected chi connectivity index (χ2v) is 7.82. The summed E-state index contributed by atoms with van der Waals surface area (Å²) in [6, 6.07) is 17.4. The zero-order valence-corrected chi connectivity index (χ0v) is 19.2. The smallest absolute Gasteiger partial charge is 0.242 e. The van der Waals surface area contributed by atoms with E-state index in [1.807, 2.05) is 66.2 Å². The molecule has 1 aromatic heterocycles. The van der Waals surface area contributed by atoms with Crippen molar-refractivity contribution in [2.45, 2.75) is 27.0 Å². The molecule has 1 amide bonds. The Morgan fingerprint density at radius 3 is 2.40 bits per heavy atom. The van der Waals surface area contributed by atoms with Gasteiger partial charge in [0, 0.05) is 13.6 Å². The number of para-hydroxylation sites is 3. The van der Waals surface area contributed by atoms with Gasteiger partial charge < -0.3 is 19.9 Å². The molecule has 164 valence electrons. The van der Waals surface area contributed by atoms with Crippen LogP contribution in [0.3, 0.4) is 0 Å². The summed E-state index contributed by atoms with van der Waals surface area (Å²) in [4.78, 5) is 19.3. The van der Waals surface area contributed by atoms with Crippen molar-refractivity contribution in [1.82, 2.24) is 14.5 Å². The predicted octanol–water partition coefficient (Wildman–Crippen LogP) is 3.90. The van der Waals surface area contributed by atoms with Crippen LogP contribution in [0.25, 0.3) is 11.0 Å². The predicted molar refractivity (Wildman–Crippen MR) is 125 cm³/mol. The molecule has 1 heterocycles. The number of imidazole rings is 1. The van der Waals surface area contributed by atoms with Crippen molar-refractivity contribution < 1.29 is 9.53 Å². The first-order valence-electron chi connectivity index (χ1n) is 9.46. The van der Waals surface area contributed by atoms with Crippen LogP contribution in [-0.4, -0.2) is 40.5 Å². The lowest BCUT2D eigenvalue weighted by Crippen LogP contribution is -2.41. The number of carbonyl (C=O) groups excluding carboxylic acids is 1. The summed E-state index contributed by atoms with van der Waals surface area (Å²) in [6.45, 7) is 5.75. The molecule has 0 unspecified atom stereocenters. The Kier molecular flexibility index (Phi) is 9.62. The van der Waals surface area contributed by atoms with Gasteiger partial charge in [-0.1, -0.05) is 44.2 Å². The van der Waals surface area contributed by atoms with Crippen LogP contribution in [0.15, 0.2) is 54.6 Å². The molecule has 0 aliphatic rings. The Labute approximate surface area is 190 Å². The van der Waals surface area contributed by atoms with E-state index in [9.17, 15) is 4.79 Å². The van der Waals surface area contributed by atoms with E-state index in [2.05, 4.69) is 18.8 Å². The number of hydrogen-bond acceptors (Lipinski definition) is 4. The fraction of sp³-hybridized carbons (Fsp3) is 0.364. The minimum Gasteiger partial charge on any atom is -0.486 e. The SMILES string of the molecule is CN(CC(C)(C)CN)C(=O)Cn1c(COc2ccccc2)nc2ccccc21.Cl.Cl. The number of nitrogens with zero attached hydrogens (tertiary/aromatic N) is 3. The van der Waals surface area contributed by atoms with Crippen molar-refractivity contribution in [2.75, 3.05) is 20.1 Å². The minimum atomic E-state index is -0.124. The standard InChI is InChI=1S/C22H28N4O2.2ClH/c1-22(2,15-23)16-25(3)21(27)13-26-19-12-8-7-11-18(19)24-20(26)14-28-17-9-5-4-6-10-17;;/h4-12H,13-16,23H2,1-3H3;2*1H. The first kappa shape index (κ1) is 25.8. The largest absolute Gasteiger partial charge is 0.486 e. The van der Waals surface area contributed by atoms with E-state index in [1.165, 1.54) is 0 Å². The number of amides is 1. The van der Waals surface area contributed by atoms with Crippen molar-refractivity contribution >= 4 is 41.8 Å². The second kappa shape index (κ2) is 11.2. The molecule has 0 bridgehead atoms. The van der Waals surface area contributed by atoms with E-state index < -0.39 is 0 Å². The molecule has 8 heteroatoms. The molecular formula is C22H30Cl2N4O2. The molecule has 0 saturated carbocycles. The van der Waals surface area contributed by atoms with Gasteiger partial charge in [-0.15, -0.1) is 24.8 Å². The van der Waals surface area contributed by atoms with Crippen LogP contribution in [-0.2, 0) is 17.9 Å². The molecule has 0 aliphatic carbocycles. The molecule has 2 aromatic carbocycles. The van der Waals surface area contributed by atoms with E-state index in [0.29, 0.717) is 19.7 Å². The van der Waals surface area contributed by atoms with Gasteiger partial charge in [-0.2, -0.15) is 0 Å². The van der Waals surface area contributed by atoms with Crippen LogP contribution in [0.5, 0.6) is 5.75 Å². The molecule has 6 nitrogen and oxygen atoms in total. The van der Waals surface area contributed by atoms with Crippen molar-refractivity contribution in [3.63, 3.8) is 0 Å². The molecule has 3 rings (SSSR count). The number of fused-ring (bicyclic) bond motifs is 1. The number of aromatic nitrogens is 2. The summed E-state index contributed by atoms with van der Waals surface area (Å²) in [7, 11) is 1.82. The molecule has 0 radical (unpaired) electrons. The minimum absolute atomic E-state index is 0. The van der Waals surface area contributed by atoms with Crippen LogP contribution >= 0.6 is 24.8 Å². The third kappa shape index (κ3) is 6.36. The quantitative estimate of drug-likeness (QED) is 0.562. The molecule has 0 atom stereocenters.